The molecule has 0 fully saturated rings. The van der Waals surface area contributed by atoms with E-state index in [2.05, 4.69) is 12.6 Å². The Balaban J connectivity index is 0. The molecular formula is C3H8NaOS. The number of hydrogen-bond donors (Lipinski definition) is 2. The van der Waals surface area contributed by atoms with Crippen LogP contribution in [0.1, 0.15) is 13.8 Å². The molecule has 0 aliphatic heterocycles. The molecule has 0 aromatic heterocycles. The van der Waals surface area contributed by atoms with Crippen molar-refractivity contribution in [3.05, 3.63) is 0 Å². The SMILES string of the molecule is CC(C)(O)S.[Na]. The summed E-state index contributed by atoms with van der Waals surface area (Å²) in [5.41, 5.74) is 0. The van der Waals surface area contributed by atoms with Crippen LogP contribution < -0.4 is 0 Å². The Bertz CT molecular complexity index is 26.3. The molecule has 0 bridgehead atoms. The minimum absolute atomic E-state index is 0. The maximum Gasteiger partial charge on any atom is 0.102 e. The smallest absolute Gasteiger partial charge is 0.102 e. The van der Waals surface area contributed by atoms with Gasteiger partial charge < -0.3 is 5.11 Å². The monoisotopic (exact) mass is 115 g/mol. The van der Waals surface area contributed by atoms with E-state index in [1.54, 1.807) is 13.8 Å². The van der Waals surface area contributed by atoms with Crippen LogP contribution in [0, 0.1) is 0 Å². The molecule has 3 heteroatoms. The minimum atomic E-state index is -0.806. The predicted octanol–water partition coefficient (Wildman–Crippen LogP) is 0.264. The Labute approximate surface area is 65.8 Å². The number of hydrogen-bond acceptors (Lipinski definition) is 2. The van der Waals surface area contributed by atoms with Crippen LogP contribution in [0.3, 0.4) is 0 Å². The Morgan fingerprint density at radius 3 is 1.50 bits per heavy atom. The average Bonchev–Trinajstić information content (AvgIpc) is 0.722. The summed E-state index contributed by atoms with van der Waals surface area (Å²) in [5, 5.41) is 8.39. The summed E-state index contributed by atoms with van der Waals surface area (Å²) in [5.74, 6) is 0. The largest absolute Gasteiger partial charge is 0.380 e. The second kappa shape index (κ2) is 3.33. The third kappa shape index (κ3) is 57.5. The zero-order chi connectivity index (χ0) is 4.50. The Kier molecular flexibility index (Phi) is 5.73. The normalized spacial score (nSPS) is 10.0. The molecule has 1 radical (unpaired) electrons. The summed E-state index contributed by atoms with van der Waals surface area (Å²) in [4.78, 5) is -0.806. The second-order valence-corrected chi connectivity index (χ2v) is 2.59. The van der Waals surface area contributed by atoms with Gasteiger partial charge in [-0.15, -0.1) is 12.6 Å². The molecule has 0 aliphatic carbocycles. The summed E-state index contributed by atoms with van der Waals surface area (Å²) in [6.45, 7) is 3.21. The van der Waals surface area contributed by atoms with E-state index in [1.807, 2.05) is 0 Å². The fourth-order valence-electron chi connectivity index (χ4n) is 0. The van der Waals surface area contributed by atoms with Crippen molar-refractivity contribution < 1.29 is 5.11 Å². The first-order chi connectivity index (χ1) is 2.00. The van der Waals surface area contributed by atoms with Crippen molar-refractivity contribution in [2.24, 2.45) is 0 Å². The fraction of sp³-hybridized carbons (Fsp3) is 1.00. The van der Waals surface area contributed by atoms with Gasteiger partial charge in [-0.1, -0.05) is 0 Å². The van der Waals surface area contributed by atoms with Crippen LogP contribution in [0.2, 0.25) is 0 Å². The van der Waals surface area contributed by atoms with Gasteiger partial charge in [0.15, 0.2) is 0 Å². The summed E-state index contributed by atoms with van der Waals surface area (Å²) < 4.78 is 0. The maximum atomic E-state index is 8.39. The van der Waals surface area contributed by atoms with Gasteiger partial charge in [0.05, 0.1) is 0 Å². The summed E-state index contributed by atoms with van der Waals surface area (Å²) in [7, 11) is 0. The van der Waals surface area contributed by atoms with Crippen LogP contribution in [0.15, 0.2) is 0 Å². The van der Waals surface area contributed by atoms with E-state index < -0.39 is 4.93 Å². The van der Waals surface area contributed by atoms with Crippen LogP contribution in [-0.2, 0) is 0 Å². The molecule has 1 nitrogen and oxygen atoms in total. The van der Waals surface area contributed by atoms with E-state index in [9.17, 15) is 0 Å². The van der Waals surface area contributed by atoms with E-state index in [4.69, 9.17) is 5.11 Å². The van der Waals surface area contributed by atoms with Crippen molar-refractivity contribution in [2.45, 2.75) is 18.8 Å². The van der Waals surface area contributed by atoms with Crippen molar-refractivity contribution in [1.82, 2.24) is 0 Å². The number of rotatable bonds is 0. The van der Waals surface area contributed by atoms with Crippen LogP contribution in [-0.4, -0.2) is 39.6 Å². The van der Waals surface area contributed by atoms with Gasteiger partial charge in [0.2, 0.25) is 0 Å². The Hall–Kier alpha value is 1.31. The first kappa shape index (κ1) is 10.3. The van der Waals surface area contributed by atoms with E-state index in [0.29, 0.717) is 0 Å². The molecule has 0 aliphatic rings. The molecule has 0 amide bonds. The van der Waals surface area contributed by atoms with Gasteiger partial charge >= 0.3 is 0 Å². The van der Waals surface area contributed by atoms with Crippen LogP contribution in [0.4, 0.5) is 0 Å². The zero-order valence-corrected chi connectivity index (χ0v) is 7.29. The molecule has 6 heavy (non-hydrogen) atoms. The van der Waals surface area contributed by atoms with Crippen molar-refractivity contribution >= 4 is 42.2 Å². The third-order valence-electron chi connectivity index (χ3n) is 0. The summed E-state index contributed by atoms with van der Waals surface area (Å²) >= 11 is 3.68. The molecule has 0 saturated carbocycles. The van der Waals surface area contributed by atoms with Gasteiger partial charge in [-0.2, -0.15) is 0 Å². The van der Waals surface area contributed by atoms with E-state index in [-0.39, 0.29) is 29.6 Å². The van der Waals surface area contributed by atoms with Crippen molar-refractivity contribution in [2.75, 3.05) is 0 Å². The van der Waals surface area contributed by atoms with Crippen molar-refractivity contribution in [3.63, 3.8) is 0 Å². The van der Waals surface area contributed by atoms with Gasteiger partial charge in [0, 0.05) is 29.6 Å². The van der Waals surface area contributed by atoms with Gasteiger partial charge in [0.25, 0.3) is 0 Å². The maximum absolute atomic E-state index is 8.39. The van der Waals surface area contributed by atoms with Crippen LogP contribution in [0.25, 0.3) is 0 Å². The van der Waals surface area contributed by atoms with E-state index in [0.717, 1.165) is 0 Å². The second-order valence-electron chi connectivity index (χ2n) is 1.49. The molecule has 0 aromatic rings. The third-order valence-corrected chi connectivity index (χ3v) is 0. The van der Waals surface area contributed by atoms with Gasteiger partial charge in [-0.3, -0.25) is 0 Å². The molecule has 0 aromatic carbocycles. The minimum Gasteiger partial charge on any atom is -0.380 e. The number of thiol groups is 1. The fourth-order valence-corrected chi connectivity index (χ4v) is 0. The standard InChI is InChI=1S/C3H8OS.Na/c1-3(2,4)5;/h4-5H,1-2H3;. The molecule has 33 valence electrons. The Morgan fingerprint density at radius 2 is 1.50 bits per heavy atom. The van der Waals surface area contributed by atoms with E-state index in [1.165, 1.54) is 0 Å². The van der Waals surface area contributed by atoms with E-state index >= 15 is 0 Å². The van der Waals surface area contributed by atoms with Gasteiger partial charge in [0.1, 0.15) is 4.93 Å². The molecule has 0 unspecified atom stereocenters. The zero-order valence-electron chi connectivity index (χ0n) is 4.39. The first-order valence-corrected chi connectivity index (χ1v) is 1.89. The molecule has 0 atom stereocenters. The summed E-state index contributed by atoms with van der Waals surface area (Å²) in [6.07, 6.45) is 0. The molecule has 0 heterocycles. The summed E-state index contributed by atoms with van der Waals surface area (Å²) in [6, 6.07) is 0. The van der Waals surface area contributed by atoms with Crippen LogP contribution in [0.5, 0.6) is 0 Å². The average molecular weight is 115 g/mol. The van der Waals surface area contributed by atoms with Gasteiger partial charge in [-0.25, -0.2) is 0 Å². The first-order valence-electron chi connectivity index (χ1n) is 1.45. The topological polar surface area (TPSA) is 20.2 Å². The predicted molar refractivity (Wildman–Crippen MR) is 31.0 cm³/mol. The molecule has 1 N–H and O–H groups in total. The van der Waals surface area contributed by atoms with Gasteiger partial charge in [-0.05, 0) is 13.8 Å². The van der Waals surface area contributed by atoms with Crippen molar-refractivity contribution in [3.8, 4) is 0 Å². The van der Waals surface area contributed by atoms with Crippen LogP contribution >= 0.6 is 12.6 Å². The Morgan fingerprint density at radius 1 is 1.50 bits per heavy atom. The van der Waals surface area contributed by atoms with Crippen molar-refractivity contribution in [1.29, 1.82) is 0 Å². The molecule has 0 saturated heterocycles. The quantitative estimate of drug-likeness (QED) is 0.264. The number of aliphatic hydroxyl groups is 1. The molecular weight excluding hydrogens is 107 g/mol. The molecule has 0 rings (SSSR count). The molecule has 0 spiro atoms.